The summed E-state index contributed by atoms with van der Waals surface area (Å²) in [4.78, 5) is 0. The Morgan fingerprint density at radius 3 is 2.71 bits per heavy atom. The Labute approximate surface area is 101 Å². The van der Waals surface area contributed by atoms with Gasteiger partial charge in [-0.15, -0.1) is 0 Å². The first-order chi connectivity index (χ1) is 8.37. The van der Waals surface area contributed by atoms with Crippen LogP contribution in [-0.2, 0) is 5.54 Å². The molecule has 86 valence electrons. The van der Waals surface area contributed by atoms with Crippen LogP contribution in [0, 0.1) is 17.2 Å². The van der Waals surface area contributed by atoms with E-state index in [0.717, 1.165) is 18.4 Å². The first kappa shape index (κ1) is 10.5. The minimum Gasteiger partial charge on any atom is -0.195 e. The van der Waals surface area contributed by atoms with E-state index in [0.29, 0.717) is 0 Å². The van der Waals surface area contributed by atoms with Crippen LogP contribution in [0.5, 0.6) is 0 Å². The lowest BCUT2D eigenvalue weighted by Gasteiger charge is -2.31. The minimum absolute atomic E-state index is 0.267. The largest absolute Gasteiger partial charge is 0.197 e. The van der Waals surface area contributed by atoms with Crippen LogP contribution in [0.25, 0.3) is 0 Å². The third kappa shape index (κ3) is 1.48. The van der Waals surface area contributed by atoms with E-state index >= 15 is 0 Å². The van der Waals surface area contributed by atoms with Crippen molar-refractivity contribution in [1.29, 1.82) is 5.26 Å². The van der Waals surface area contributed by atoms with Crippen LogP contribution in [-0.4, -0.2) is 6.04 Å². The summed E-state index contributed by atoms with van der Waals surface area (Å²) < 4.78 is 0. The van der Waals surface area contributed by atoms with Crippen molar-refractivity contribution in [2.24, 2.45) is 16.1 Å². The van der Waals surface area contributed by atoms with E-state index in [1.54, 1.807) is 0 Å². The zero-order valence-electron chi connectivity index (χ0n) is 9.71. The molecule has 1 fully saturated rings. The van der Waals surface area contributed by atoms with Crippen LogP contribution in [0.3, 0.4) is 0 Å². The fraction of sp³-hybridized carbons (Fsp3) is 0.500. The zero-order chi connectivity index (χ0) is 11.7. The molecule has 0 N–H and O–H groups in total. The van der Waals surface area contributed by atoms with Crippen molar-refractivity contribution >= 4 is 0 Å². The first-order valence-electron chi connectivity index (χ1n) is 6.25. The molecule has 0 aromatic heterocycles. The fourth-order valence-electron chi connectivity index (χ4n) is 3.11. The third-order valence-electron chi connectivity index (χ3n) is 4.01. The highest BCUT2D eigenvalue weighted by atomic mass is 15.2. The molecule has 3 rings (SSSR count). The van der Waals surface area contributed by atoms with Crippen molar-refractivity contribution in [3.8, 4) is 6.07 Å². The molecule has 0 spiro atoms. The standard InChI is InChI=1S/C14H15N3/c15-10-14(11-6-2-1-3-7-11)12-8-4-5-9-13(12)16-17-14/h1-3,6-7,12-13H,4-5,8-9H2. The average Bonchev–Trinajstić information content (AvgIpc) is 2.80. The van der Waals surface area contributed by atoms with Crippen molar-refractivity contribution in [3.05, 3.63) is 35.9 Å². The van der Waals surface area contributed by atoms with Gasteiger partial charge in [0.1, 0.15) is 6.07 Å². The lowest BCUT2D eigenvalue weighted by molar-refractivity contribution is 0.268. The summed E-state index contributed by atoms with van der Waals surface area (Å²) in [6, 6.07) is 12.6. The van der Waals surface area contributed by atoms with Crippen molar-refractivity contribution in [2.75, 3.05) is 0 Å². The van der Waals surface area contributed by atoms with E-state index < -0.39 is 5.54 Å². The highest BCUT2D eigenvalue weighted by Crippen LogP contribution is 2.47. The topological polar surface area (TPSA) is 48.5 Å². The molecule has 0 saturated heterocycles. The van der Waals surface area contributed by atoms with E-state index in [9.17, 15) is 5.26 Å². The van der Waals surface area contributed by atoms with E-state index in [4.69, 9.17) is 0 Å². The molecular formula is C14H15N3. The van der Waals surface area contributed by atoms with Crippen molar-refractivity contribution in [2.45, 2.75) is 37.3 Å². The monoisotopic (exact) mass is 225 g/mol. The molecule has 3 unspecified atom stereocenters. The van der Waals surface area contributed by atoms with Crippen LogP contribution in [0.1, 0.15) is 31.2 Å². The van der Waals surface area contributed by atoms with Gasteiger partial charge in [-0.2, -0.15) is 15.5 Å². The van der Waals surface area contributed by atoms with Gasteiger partial charge in [0.05, 0.1) is 6.04 Å². The Morgan fingerprint density at radius 1 is 1.18 bits per heavy atom. The molecule has 3 nitrogen and oxygen atoms in total. The van der Waals surface area contributed by atoms with Crippen LogP contribution in [0.2, 0.25) is 0 Å². The quantitative estimate of drug-likeness (QED) is 0.722. The second-order valence-corrected chi connectivity index (χ2v) is 4.92. The molecule has 0 radical (unpaired) electrons. The maximum absolute atomic E-state index is 9.61. The molecule has 1 aromatic rings. The van der Waals surface area contributed by atoms with Gasteiger partial charge >= 0.3 is 0 Å². The van der Waals surface area contributed by atoms with Gasteiger partial charge in [-0.25, -0.2) is 0 Å². The van der Waals surface area contributed by atoms with E-state index in [-0.39, 0.29) is 12.0 Å². The normalized spacial score (nSPS) is 35.2. The van der Waals surface area contributed by atoms with Gasteiger partial charge in [0.2, 0.25) is 0 Å². The van der Waals surface area contributed by atoms with Crippen LogP contribution < -0.4 is 0 Å². The summed E-state index contributed by atoms with van der Waals surface area (Å²) in [6.07, 6.45) is 4.57. The Hall–Kier alpha value is -1.69. The van der Waals surface area contributed by atoms with Crippen LogP contribution in [0.15, 0.2) is 40.6 Å². The van der Waals surface area contributed by atoms with Crippen LogP contribution in [0.4, 0.5) is 0 Å². The zero-order valence-corrected chi connectivity index (χ0v) is 9.71. The maximum atomic E-state index is 9.61. The Balaban J connectivity index is 2.04. The molecule has 0 bridgehead atoms. The molecule has 17 heavy (non-hydrogen) atoms. The van der Waals surface area contributed by atoms with Crippen LogP contribution >= 0.6 is 0 Å². The van der Waals surface area contributed by atoms with Crippen molar-refractivity contribution in [3.63, 3.8) is 0 Å². The highest BCUT2D eigenvalue weighted by Gasteiger charge is 2.50. The molecule has 3 heteroatoms. The number of azo groups is 1. The number of nitrogens with zero attached hydrogens (tertiary/aromatic N) is 3. The van der Waals surface area contributed by atoms with Gasteiger partial charge in [0.25, 0.3) is 0 Å². The number of fused-ring (bicyclic) bond motifs is 1. The van der Waals surface area contributed by atoms with Crippen molar-refractivity contribution < 1.29 is 0 Å². The predicted octanol–water partition coefficient (Wildman–Crippen LogP) is 3.43. The summed E-state index contributed by atoms with van der Waals surface area (Å²) in [7, 11) is 0. The Morgan fingerprint density at radius 2 is 1.94 bits per heavy atom. The molecule has 3 atom stereocenters. The summed E-state index contributed by atoms with van der Waals surface area (Å²) in [5.41, 5.74) is 0.285. The number of rotatable bonds is 1. The summed E-state index contributed by atoms with van der Waals surface area (Å²) >= 11 is 0. The van der Waals surface area contributed by atoms with E-state index in [2.05, 4.69) is 16.3 Å². The van der Waals surface area contributed by atoms with Gasteiger partial charge < -0.3 is 0 Å². The molecule has 1 aromatic carbocycles. The molecule has 1 saturated carbocycles. The van der Waals surface area contributed by atoms with Gasteiger partial charge in [-0.1, -0.05) is 43.2 Å². The molecule has 1 aliphatic heterocycles. The SMILES string of the molecule is N#CC1(c2ccccc2)N=NC2CCCCC21. The first-order valence-corrected chi connectivity index (χ1v) is 6.25. The molecule has 1 heterocycles. The third-order valence-corrected chi connectivity index (χ3v) is 4.01. The number of nitriles is 1. The molecule has 2 aliphatic rings. The molecule has 1 aliphatic carbocycles. The van der Waals surface area contributed by atoms with Gasteiger partial charge in [-0.3, -0.25) is 0 Å². The predicted molar refractivity (Wildman–Crippen MR) is 64.3 cm³/mol. The number of hydrogen-bond donors (Lipinski definition) is 0. The number of benzene rings is 1. The number of hydrogen-bond acceptors (Lipinski definition) is 3. The summed E-state index contributed by atoms with van der Waals surface area (Å²) in [5, 5.41) is 18.3. The lowest BCUT2D eigenvalue weighted by atomic mass is 9.71. The average molecular weight is 225 g/mol. The van der Waals surface area contributed by atoms with Crippen molar-refractivity contribution in [1.82, 2.24) is 0 Å². The lowest BCUT2D eigenvalue weighted by Crippen LogP contribution is -2.35. The smallest absolute Gasteiger partial charge is 0.195 e. The molecule has 0 amide bonds. The fourth-order valence-corrected chi connectivity index (χ4v) is 3.11. The Bertz CT molecular complexity index is 474. The molecular weight excluding hydrogens is 210 g/mol. The summed E-state index contributed by atoms with van der Waals surface area (Å²) in [5.74, 6) is 0.281. The maximum Gasteiger partial charge on any atom is 0.197 e. The van der Waals surface area contributed by atoms with E-state index in [1.807, 2.05) is 30.3 Å². The van der Waals surface area contributed by atoms with Gasteiger partial charge in [0.15, 0.2) is 5.54 Å². The highest BCUT2D eigenvalue weighted by molar-refractivity contribution is 5.35. The summed E-state index contributed by atoms with van der Waals surface area (Å²) in [6.45, 7) is 0. The van der Waals surface area contributed by atoms with Gasteiger partial charge in [0, 0.05) is 5.92 Å². The van der Waals surface area contributed by atoms with E-state index in [1.165, 1.54) is 12.8 Å². The second-order valence-electron chi connectivity index (χ2n) is 4.92. The Kier molecular flexibility index (Phi) is 2.44. The second kappa shape index (κ2) is 3.96. The van der Waals surface area contributed by atoms with Gasteiger partial charge in [-0.05, 0) is 18.4 Å². The minimum atomic E-state index is -0.716.